The predicted octanol–water partition coefficient (Wildman–Crippen LogP) is 5.85. The highest BCUT2D eigenvalue weighted by atomic mass is 32.3. The first-order chi connectivity index (χ1) is 15.2. The molecule has 0 spiro atoms. The van der Waals surface area contributed by atoms with Crippen molar-refractivity contribution >= 4 is 39.9 Å². The zero-order valence-electron chi connectivity index (χ0n) is 17.8. The first kappa shape index (κ1) is 24.4. The summed E-state index contributed by atoms with van der Waals surface area (Å²) in [6.45, 7) is 2.53. The molecule has 0 radical (unpaired) electrons. The van der Waals surface area contributed by atoms with Gasteiger partial charge in [-0.3, -0.25) is 9.11 Å². The van der Waals surface area contributed by atoms with Gasteiger partial charge >= 0.3 is 5.97 Å². The van der Waals surface area contributed by atoms with Crippen molar-refractivity contribution < 1.29 is 28.1 Å². The molecule has 1 aliphatic heterocycles. The number of carboxylic acid groups (broad SMARTS) is 1. The second-order valence-corrected chi connectivity index (χ2v) is 9.94. The molecule has 1 aliphatic rings. The van der Waals surface area contributed by atoms with Crippen molar-refractivity contribution in [3.05, 3.63) is 54.6 Å². The van der Waals surface area contributed by atoms with Gasteiger partial charge in [0.2, 0.25) is 0 Å². The molecule has 7 nitrogen and oxygen atoms in total. The lowest BCUT2D eigenvalue weighted by Gasteiger charge is -2.35. The van der Waals surface area contributed by atoms with E-state index in [0.717, 1.165) is 37.3 Å². The topological polar surface area (TPSA) is 102 Å². The molecule has 2 aromatic rings. The molecule has 2 aromatic carbocycles. The van der Waals surface area contributed by atoms with Crippen molar-refractivity contribution in [2.75, 3.05) is 17.7 Å². The summed E-state index contributed by atoms with van der Waals surface area (Å²) >= 11 is 1.38. The van der Waals surface area contributed by atoms with Crippen LogP contribution < -0.4 is 14.4 Å². The van der Waals surface area contributed by atoms with E-state index in [9.17, 15) is 18.3 Å². The molecule has 1 unspecified atom stereocenters. The summed E-state index contributed by atoms with van der Waals surface area (Å²) in [4.78, 5) is 13.6. The number of halogens is 1. The van der Waals surface area contributed by atoms with Gasteiger partial charge in [-0.25, -0.2) is 13.9 Å². The molecular formula is C22H27FN2O5S2. The number of carboxylic acids is 1. The largest absolute Gasteiger partial charge is 0.478 e. The zero-order chi connectivity index (χ0) is 23.3. The molecule has 32 heavy (non-hydrogen) atoms. The number of hydrogen-bond acceptors (Lipinski definition) is 7. The molecule has 0 amide bonds. The summed E-state index contributed by atoms with van der Waals surface area (Å²) in [6.07, 6.45) is 6.35. The Balaban J connectivity index is 2.13. The highest BCUT2D eigenvalue weighted by Gasteiger charge is 2.33. The van der Waals surface area contributed by atoms with E-state index in [2.05, 4.69) is 11.6 Å². The molecule has 3 rings (SSSR count). The van der Waals surface area contributed by atoms with Crippen molar-refractivity contribution in [3.8, 4) is 5.75 Å². The standard InChI is InChI=1S/C22H27FN2O5S2/c1-3-4-5-16-14-25(17-8-6-15(23)7-9-17)18-12-20(31-2)19(30-11-10-22(26)27)13-21(18)32(28,29)24-16/h6-13,16,24,28-29H,3-5,14H2,1-2H3,(H,26,27)/b11-10+. The maximum Gasteiger partial charge on any atom is 0.331 e. The van der Waals surface area contributed by atoms with E-state index < -0.39 is 16.7 Å². The number of aliphatic carboxylic acids is 1. The molecule has 0 aliphatic carbocycles. The Morgan fingerprint density at radius 2 is 2.06 bits per heavy atom. The Morgan fingerprint density at radius 1 is 1.34 bits per heavy atom. The average molecular weight is 483 g/mol. The second-order valence-electron chi connectivity index (χ2n) is 7.32. The third-order valence-corrected chi connectivity index (χ3v) is 7.39. The number of nitrogens with zero attached hydrogens (tertiary/aromatic N) is 1. The van der Waals surface area contributed by atoms with Crippen molar-refractivity contribution in [1.82, 2.24) is 4.72 Å². The number of thioether (sulfide) groups is 1. The summed E-state index contributed by atoms with van der Waals surface area (Å²) in [5, 5.41) is 8.82. The maximum atomic E-state index is 13.6. The fourth-order valence-electron chi connectivity index (χ4n) is 3.50. The van der Waals surface area contributed by atoms with Gasteiger partial charge in [0.15, 0.2) is 0 Å². The van der Waals surface area contributed by atoms with Crippen LogP contribution in [0.5, 0.6) is 5.75 Å². The van der Waals surface area contributed by atoms with Gasteiger partial charge in [0.1, 0.15) is 16.5 Å². The Hall–Kier alpha value is -2.24. The van der Waals surface area contributed by atoms with Crippen LogP contribution in [-0.4, -0.2) is 39.0 Å². The lowest BCUT2D eigenvalue weighted by molar-refractivity contribution is -0.131. The Labute approximate surface area is 192 Å². The van der Waals surface area contributed by atoms with Crippen LogP contribution in [0.3, 0.4) is 0 Å². The lowest BCUT2D eigenvalue weighted by atomic mass is 10.1. The van der Waals surface area contributed by atoms with Crippen molar-refractivity contribution in [3.63, 3.8) is 0 Å². The number of benzene rings is 2. The first-order valence-electron chi connectivity index (χ1n) is 10.1. The molecule has 0 fully saturated rings. The minimum atomic E-state index is -3.39. The molecule has 0 saturated carbocycles. The number of ether oxygens (including phenoxy) is 1. The zero-order valence-corrected chi connectivity index (χ0v) is 19.5. The van der Waals surface area contributed by atoms with Gasteiger partial charge in [-0.05, 0) is 43.0 Å². The number of unbranched alkanes of at least 4 members (excludes halogenated alkanes) is 1. The first-order valence-corrected chi connectivity index (χ1v) is 12.9. The highest BCUT2D eigenvalue weighted by molar-refractivity contribution is 8.22. The number of nitrogens with one attached hydrogen (secondary N) is 1. The van der Waals surface area contributed by atoms with Gasteiger partial charge in [-0.2, -0.15) is 0 Å². The van der Waals surface area contributed by atoms with Crippen LogP contribution in [0.25, 0.3) is 0 Å². The van der Waals surface area contributed by atoms with Gasteiger partial charge < -0.3 is 14.7 Å². The minimum Gasteiger partial charge on any atom is -0.478 e. The molecule has 1 atom stereocenters. The third-order valence-electron chi connectivity index (χ3n) is 5.03. The van der Waals surface area contributed by atoms with Crippen molar-refractivity contribution in [2.24, 2.45) is 0 Å². The van der Waals surface area contributed by atoms with E-state index in [1.54, 1.807) is 18.2 Å². The van der Waals surface area contributed by atoms with Gasteiger partial charge in [0, 0.05) is 24.3 Å². The van der Waals surface area contributed by atoms with E-state index in [1.807, 2.05) is 11.2 Å². The number of anilines is 2. The van der Waals surface area contributed by atoms with Crippen molar-refractivity contribution in [2.45, 2.75) is 42.0 Å². The monoisotopic (exact) mass is 482 g/mol. The van der Waals surface area contributed by atoms with Gasteiger partial charge in [-0.15, -0.1) is 22.5 Å². The quantitative estimate of drug-likeness (QED) is 0.211. The molecule has 10 heteroatoms. The number of rotatable bonds is 8. The number of carbonyl (C=O) groups is 1. The van der Waals surface area contributed by atoms with Gasteiger partial charge in [-0.1, -0.05) is 19.8 Å². The molecule has 0 bridgehead atoms. The molecule has 0 saturated heterocycles. The van der Waals surface area contributed by atoms with Gasteiger partial charge in [0.25, 0.3) is 0 Å². The smallest absolute Gasteiger partial charge is 0.331 e. The van der Waals surface area contributed by atoms with Crippen LogP contribution in [0, 0.1) is 5.82 Å². The van der Waals surface area contributed by atoms with E-state index in [-0.39, 0.29) is 16.8 Å². The maximum absolute atomic E-state index is 13.6. The lowest BCUT2D eigenvalue weighted by Crippen LogP contribution is -2.37. The fourth-order valence-corrected chi connectivity index (χ4v) is 5.56. The fraction of sp³-hybridized carbons (Fsp3) is 0.318. The average Bonchev–Trinajstić information content (AvgIpc) is 2.85. The number of hydrogen-bond donors (Lipinski definition) is 4. The van der Waals surface area contributed by atoms with Crippen LogP contribution in [-0.2, 0) is 4.79 Å². The molecular weight excluding hydrogens is 455 g/mol. The Morgan fingerprint density at radius 3 is 2.69 bits per heavy atom. The molecule has 4 N–H and O–H groups in total. The summed E-state index contributed by atoms with van der Waals surface area (Å²) < 4.78 is 44.2. The van der Waals surface area contributed by atoms with Crippen LogP contribution in [0.2, 0.25) is 0 Å². The van der Waals surface area contributed by atoms with Crippen molar-refractivity contribution in [1.29, 1.82) is 0 Å². The van der Waals surface area contributed by atoms with Crippen LogP contribution >= 0.6 is 22.5 Å². The number of fused-ring (bicyclic) bond motifs is 1. The summed E-state index contributed by atoms with van der Waals surface area (Å²) in [5.41, 5.74) is 1.29. The Bertz CT molecular complexity index is 985. The Kier molecular flexibility index (Phi) is 8.07. The SMILES string of the molecule is CCCCC1CN(c2ccc(F)cc2)c2cc(SC)c(O/C=C/C(=O)O)cc2S(O)(O)N1. The summed E-state index contributed by atoms with van der Waals surface area (Å²) in [7, 11) is -3.39. The second kappa shape index (κ2) is 10.6. The third kappa shape index (κ3) is 5.76. The summed E-state index contributed by atoms with van der Waals surface area (Å²) in [6, 6.07) is 9.15. The van der Waals surface area contributed by atoms with E-state index >= 15 is 0 Å². The minimum absolute atomic E-state index is 0.216. The molecule has 1 heterocycles. The highest BCUT2D eigenvalue weighted by Crippen LogP contribution is 2.55. The molecule has 0 aromatic heterocycles. The van der Waals surface area contributed by atoms with Gasteiger partial charge in [0.05, 0.1) is 22.9 Å². The normalized spacial score (nSPS) is 18.8. The molecule has 174 valence electrons. The van der Waals surface area contributed by atoms with E-state index in [1.165, 1.54) is 30.0 Å². The van der Waals surface area contributed by atoms with E-state index in [4.69, 9.17) is 9.84 Å². The van der Waals surface area contributed by atoms with E-state index in [0.29, 0.717) is 22.9 Å². The summed E-state index contributed by atoms with van der Waals surface area (Å²) in [5.74, 6) is -1.20. The van der Waals surface area contributed by atoms with Crippen LogP contribution in [0.1, 0.15) is 26.2 Å². The van der Waals surface area contributed by atoms with Crippen LogP contribution in [0.15, 0.2) is 58.5 Å². The predicted molar refractivity (Wildman–Crippen MR) is 127 cm³/mol. The van der Waals surface area contributed by atoms with Crippen LogP contribution in [0.4, 0.5) is 15.8 Å².